The smallest absolute Gasteiger partial charge is 0.252 e. The Balaban J connectivity index is 0.000000205. The summed E-state index contributed by atoms with van der Waals surface area (Å²) in [6, 6.07) is 25.8. The molecule has 2 aliphatic carbocycles. The fourth-order valence-electron chi connectivity index (χ4n) is 4.34. The van der Waals surface area contributed by atoms with Gasteiger partial charge in [0.1, 0.15) is 9.79 Å². The van der Waals surface area contributed by atoms with Crippen LogP contribution in [-0.4, -0.2) is 27.9 Å². The molecule has 0 radical (unpaired) electrons. The molecule has 4 aromatic rings. The second-order valence-electron chi connectivity index (χ2n) is 10.6. The number of primary sulfonamides is 2. The molecular weight excluding hydrogens is 691 g/mol. The summed E-state index contributed by atoms with van der Waals surface area (Å²) in [5.41, 5.74) is 3.54. The minimum absolute atomic E-state index is 0. The maximum absolute atomic E-state index is 12.5. The van der Waals surface area contributed by atoms with E-state index in [0.717, 1.165) is 12.0 Å². The quantitative estimate of drug-likeness (QED) is 0.147. The SMILES string of the molecule is C.NS(=O)(=O)c1cc(C(=O)Cl)ccc1Cl.NS(=O)(=O)c1cc(C(=O)c2ccc(C3CC3)cc2)ccc1Cl.c1ccc(C2CC2)cc1. The maximum Gasteiger partial charge on any atom is 0.252 e. The van der Waals surface area contributed by atoms with Crippen molar-refractivity contribution < 1.29 is 26.4 Å². The lowest BCUT2D eigenvalue weighted by Crippen LogP contribution is -2.14. The second-order valence-corrected chi connectivity index (χ2v) is 14.8. The van der Waals surface area contributed by atoms with Crippen LogP contribution in [0.2, 0.25) is 10.0 Å². The molecule has 13 heteroatoms. The zero-order chi connectivity index (χ0) is 32.9. The van der Waals surface area contributed by atoms with Crippen molar-refractivity contribution in [1.29, 1.82) is 0 Å². The molecule has 0 amide bonds. The van der Waals surface area contributed by atoms with Gasteiger partial charge in [0.15, 0.2) is 5.78 Å². The van der Waals surface area contributed by atoms with Crippen LogP contribution in [0.5, 0.6) is 0 Å². The third kappa shape index (κ3) is 10.5. The lowest BCUT2D eigenvalue weighted by molar-refractivity contribution is 0.103. The van der Waals surface area contributed by atoms with Crippen LogP contribution < -0.4 is 10.3 Å². The normalized spacial score (nSPS) is 14.0. The monoisotopic (exact) mass is 722 g/mol. The van der Waals surface area contributed by atoms with Gasteiger partial charge in [-0.3, -0.25) is 9.59 Å². The number of sulfonamides is 2. The summed E-state index contributed by atoms with van der Waals surface area (Å²) in [6.07, 6.45) is 5.21. The van der Waals surface area contributed by atoms with Gasteiger partial charge < -0.3 is 0 Å². The van der Waals surface area contributed by atoms with Crippen molar-refractivity contribution in [2.75, 3.05) is 0 Å². The fraction of sp³-hybridized carbons (Fsp3) is 0.212. The average Bonchev–Trinajstić information content (AvgIpc) is 3.91. The largest absolute Gasteiger partial charge is 0.289 e. The minimum Gasteiger partial charge on any atom is -0.289 e. The molecule has 0 atom stereocenters. The molecule has 2 fully saturated rings. The third-order valence-electron chi connectivity index (χ3n) is 7.03. The van der Waals surface area contributed by atoms with Crippen LogP contribution in [0.4, 0.5) is 0 Å². The standard InChI is InChI=1S/C16H14ClNO3S.C9H10.C7H5Cl2NO3S.CH4/c17-14-8-7-13(9-15(14)22(18,20)21)16(19)12-5-3-11(4-6-12)10-1-2-10;1-2-4-8(5-3-1)9-6-7-9;8-5-2-1-4(7(9)11)3-6(5)14(10,12)13;/h3-10H,1-2H2,(H2,18,20,21);1-5,9H,6-7H2;1-3H,(H2,10,12,13);1H4. The number of hydrogen-bond acceptors (Lipinski definition) is 6. The van der Waals surface area contributed by atoms with Gasteiger partial charge in [-0.15, -0.1) is 0 Å². The first-order chi connectivity index (χ1) is 21.1. The van der Waals surface area contributed by atoms with E-state index in [-0.39, 0.29) is 44.2 Å². The molecule has 0 bridgehead atoms. The Labute approximate surface area is 284 Å². The Morgan fingerprint density at radius 2 is 0.978 bits per heavy atom. The maximum atomic E-state index is 12.5. The van der Waals surface area contributed by atoms with Crippen molar-refractivity contribution >= 4 is 65.9 Å². The van der Waals surface area contributed by atoms with Crippen LogP contribution in [0.1, 0.15) is 82.4 Å². The highest BCUT2D eigenvalue weighted by Crippen LogP contribution is 2.40. The first-order valence-electron chi connectivity index (χ1n) is 13.7. The Morgan fingerprint density at radius 3 is 1.39 bits per heavy atom. The Morgan fingerprint density at radius 1 is 0.587 bits per heavy atom. The molecule has 46 heavy (non-hydrogen) atoms. The molecule has 4 aromatic carbocycles. The molecule has 0 saturated heterocycles. The molecule has 4 N–H and O–H groups in total. The average molecular weight is 724 g/mol. The first kappa shape index (κ1) is 37.4. The Hall–Kier alpha value is -3.09. The molecule has 2 aliphatic rings. The number of hydrogen-bond donors (Lipinski definition) is 2. The van der Waals surface area contributed by atoms with E-state index in [0.29, 0.717) is 11.5 Å². The van der Waals surface area contributed by atoms with Crippen molar-refractivity contribution in [3.8, 4) is 0 Å². The van der Waals surface area contributed by atoms with E-state index in [1.807, 2.05) is 12.1 Å². The number of rotatable bonds is 7. The molecular formula is C33H33Cl3N2O6S2. The summed E-state index contributed by atoms with van der Waals surface area (Å²) in [5.74, 6) is 1.27. The first-order valence-corrected chi connectivity index (χ1v) is 17.9. The number of carbonyl (C=O) groups excluding carboxylic acids is 2. The number of halogens is 3. The van der Waals surface area contributed by atoms with Crippen LogP contribution >= 0.6 is 34.8 Å². The van der Waals surface area contributed by atoms with Crippen LogP contribution in [0, 0.1) is 0 Å². The molecule has 0 heterocycles. The molecule has 244 valence electrons. The Bertz CT molecular complexity index is 1930. The van der Waals surface area contributed by atoms with Gasteiger partial charge in [0, 0.05) is 16.7 Å². The summed E-state index contributed by atoms with van der Waals surface area (Å²) in [5, 5.41) is 9.15. The fourth-order valence-corrected chi connectivity index (χ4v) is 6.60. The molecule has 8 nitrogen and oxygen atoms in total. The van der Waals surface area contributed by atoms with Crippen molar-refractivity contribution in [1.82, 2.24) is 0 Å². The van der Waals surface area contributed by atoms with Crippen LogP contribution in [0.15, 0.2) is 101 Å². The highest BCUT2D eigenvalue weighted by Gasteiger charge is 2.24. The van der Waals surface area contributed by atoms with Crippen molar-refractivity contribution in [2.24, 2.45) is 10.3 Å². The summed E-state index contributed by atoms with van der Waals surface area (Å²) >= 11 is 16.6. The minimum atomic E-state index is -3.97. The summed E-state index contributed by atoms with van der Waals surface area (Å²) in [6.45, 7) is 0. The summed E-state index contributed by atoms with van der Waals surface area (Å²) < 4.78 is 44.9. The Kier molecular flexibility index (Phi) is 12.7. The predicted octanol–water partition coefficient (Wildman–Crippen LogP) is 7.66. The van der Waals surface area contributed by atoms with E-state index in [1.54, 1.807) is 12.1 Å². The highest BCUT2D eigenvalue weighted by atomic mass is 35.5. The lowest BCUT2D eigenvalue weighted by atomic mass is 10.0. The highest BCUT2D eigenvalue weighted by molar-refractivity contribution is 7.89. The predicted molar refractivity (Wildman–Crippen MR) is 183 cm³/mol. The van der Waals surface area contributed by atoms with Crippen LogP contribution in [0.3, 0.4) is 0 Å². The van der Waals surface area contributed by atoms with E-state index < -0.39 is 25.3 Å². The van der Waals surface area contributed by atoms with Gasteiger partial charge in [0.05, 0.1) is 10.0 Å². The number of carbonyl (C=O) groups is 2. The van der Waals surface area contributed by atoms with Crippen molar-refractivity contribution in [3.63, 3.8) is 0 Å². The van der Waals surface area contributed by atoms with Gasteiger partial charge in [-0.05, 0) is 96.6 Å². The van der Waals surface area contributed by atoms with Gasteiger partial charge in [0.2, 0.25) is 20.0 Å². The lowest BCUT2D eigenvalue weighted by Gasteiger charge is -2.06. The van der Waals surface area contributed by atoms with Crippen LogP contribution in [0.25, 0.3) is 0 Å². The third-order valence-corrected chi connectivity index (χ3v) is 10.0. The molecule has 0 aromatic heterocycles. The van der Waals surface area contributed by atoms with E-state index >= 15 is 0 Å². The summed E-state index contributed by atoms with van der Waals surface area (Å²) in [4.78, 5) is 22.6. The summed E-state index contributed by atoms with van der Waals surface area (Å²) in [7, 11) is -7.90. The molecule has 0 unspecified atom stereocenters. The van der Waals surface area contributed by atoms with Crippen LogP contribution in [-0.2, 0) is 20.0 Å². The van der Waals surface area contributed by atoms with E-state index in [4.69, 9.17) is 45.1 Å². The van der Waals surface area contributed by atoms with E-state index in [9.17, 15) is 26.4 Å². The van der Waals surface area contributed by atoms with Gasteiger partial charge in [-0.25, -0.2) is 27.1 Å². The van der Waals surface area contributed by atoms with Crippen molar-refractivity contribution in [2.45, 2.75) is 54.7 Å². The van der Waals surface area contributed by atoms with Gasteiger partial charge >= 0.3 is 0 Å². The van der Waals surface area contributed by atoms with Crippen molar-refractivity contribution in [3.05, 3.63) is 129 Å². The molecule has 2 saturated carbocycles. The zero-order valence-electron chi connectivity index (χ0n) is 23.7. The van der Waals surface area contributed by atoms with Gasteiger partial charge in [-0.1, -0.05) is 85.2 Å². The number of benzene rings is 4. The van der Waals surface area contributed by atoms with Gasteiger partial charge in [-0.2, -0.15) is 0 Å². The molecule has 0 spiro atoms. The molecule has 6 rings (SSSR count). The van der Waals surface area contributed by atoms with E-state index in [2.05, 4.69) is 30.3 Å². The van der Waals surface area contributed by atoms with E-state index in [1.165, 1.54) is 67.1 Å². The number of nitrogens with two attached hydrogens (primary N) is 2. The number of ketones is 1. The zero-order valence-corrected chi connectivity index (χ0v) is 27.6. The molecule has 0 aliphatic heterocycles. The van der Waals surface area contributed by atoms with Gasteiger partial charge in [0.25, 0.3) is 5.24 Å². The topological polar surface area (TPSA) is 154 Å². The second kappa shape index (κ2) is 15.7.